The fourth-order valence-corrected chi connectivity index (χ4v) is 3.97. The number of β-amino-alcohol motifs (C(OH)–C–C–N with tert-alkyl or cyclic N) is 1. The molecular weight excluding hydrogens is 638 g/mol. The van der Waals surface area contributed by atoms with Crippen LogP contribution in [0.5, 0.6) is 0 Å². The van der Waals surface area contributed by atoms with Crippen LogP contribution in [0.25, 0.3) is 0 Å². The quantitative estimate of drug-likeness (QED) is 0.227. The second-order valence-corrected chi connectivity index (χ2v) is 9.44. The Bertz CT molecular complexity index is 1030. The Labute approximate surface area is 204 Å². The number of anilines is 2. The van der Waals surface area contributed by atoms with E-state index in [4.69, 9.17) is 5.73 Å². The van der Waals surface area contributed by atoms with Crippen LogP contribution in [0.3, 0.4) is 0 Å². The second-order valence-electron chi connectivity index (χ2n) is 7.03. The van der Waals surface area contributed by atoms with Crippen molar-refractivity contribution in [1.29, 1.82) is 0 Å². The number of nitrogens with two attached hydrogens (primary N) is 2. The summed E-state index contributed by atoms with van der Waals surface area (Å²) in [7, 11) is 0. The molecule has 0 atom stereocenters. The zero-order valence-corrected chi connectivity index (χ0v) is 20.3. The first kappa shape index (κ1) is 23.9. The minimum atomic E-state index is -1.24. The van der Waals surface area contributed by atoms with E-state index >= 15 is 0 Å². The SMILES string of the molecule is NC(=C[NH2+][O-])NCC1(O)CN(C(=O)c2ccc(I)c(F)c2Nc2ccc(I)cc2F)C1. The number of nitrogens with one attached hydrogen (secondary N) is 2. The first-order valence-corrected chi connectivity index (χ1v) is 11.2. The van der Waals surface area contributed by atoms with Crippen molar-refractivity contribution >= 4 is 62.5 Å². The Morgan fingerprint density at radius 2 is 2.03 bits per heavy atom. The number of hydrogen-bond donors (Lipinski definition) is 5. The van der Waals surface area contributed by atoms with E-state index in [0.29, 0.717) is 9.05 Å². The van der Waals surface area contributed by atoms with Gasteiger partial charge in [0.15, 0.2) is 11.6 Å². The van der Waals surface area contributed by atoms with Crippen LogP contribution in [0.2, 0.25) is 0 Å². The lowest BCUT2D eigenvalue weighted by molar-refractivity contribution is -0.516. The summed E-state index contributed by atoms with van der Waals surface area (Å²) in [5.41, 5.74) is 4.74. The number of nitrogens with zero attached hydrogens (tertiary/aromatic N) is 1. The summed E-state index contributed by atoms with van der Waals surface area (Å²) in [6.45, 7) is 0.00323. The van der Waals surface area contributed by atoms with Gasteiger partial charge in [-0.1, -0.05) is 0 Å². The molecule has 0 spiro atoms. The van der Waals surface area contributed by atoms with Crippen LogP contribution in [-0.4, -0.2) is 41.1 Å². The molecule has 2 aromatic rings. The van der Waals surface area contributed by atoms with Gasteiger partial charge in [0.05, 0.1) is 33.6 Å². The Hall–Kier alpha value is -1.75. The number of carbonyl (C=O) groups excluding carboxylic acids is 1. The molecule has 1 heterocycles. The van der Waals surface area contributed by atoms with Gasteiger partial charge >= 0.3 is 0 Å². The largest absolute Gasteiger partial charge is 0.631 e. The van der Waals surface area contributed by atoms with E-state index in [-0.39, 0.29) is 46.0 Å². The van der Waals surface area contributed by atoms with Gasteiger partial charge in [0.25, 0.3) is 5.91 Å². The van der Waals surface area contributed by atoms with E-state index in [0.717, 1.165) is 6.20 Å². The first-order chi connectivity index (χ1) is 14.6. The molecule has 0 bridgehead atoms. The number of carbonyl (C=O) groups is 1. The molecule has 12 heteroatoms. The van der Waals surface area contributed by atoms with Crippen LogP contribution in [-0.2, 0) is 0 Å². The molecule has 1 aliphatic rings. The number of aliphatic hydroxyl groups is 1. The number of likely N-dealkylation sites (tertiary alicyclic amines) is 1. The lowest BCUT2D eigenvalue weighted by Crippen LogP contribution is -2.71. The molecule has 0 unspecified atom stereocenters. The van der Waals surface area contributed by atoms with Gasteiger partial charge in [0.2, 0.25) is 0 Å². The van der Waals surface area contributed by atoms with Gasteiger partial charge in [0, 0.05) is 10.1 Å². The van der Waals surface area contributed by atoms with Crippen molar-refractivity contribution in [3.05, 3.63) is 71.9 Å². The predicted molar refractivity (Wildman–Crippen MR) is 128 cm³/mol. The molecular formula is C19H19F2I2N5O3. The van der Waals surface area contributed by atoms with E-state index in [2.05, 4.69) is 10.6 Å². The summed E-state index contributed by atoms with van der Waals surface area (Å²) in [4.78, 5) is 14.3. The molecule has 31 heavy (non-hydrogen) atoms. The number of hydroxylamine groups is 1. The molecule has 8 nitrogen and oxygen atoms in total. The van der Waals surface area contributed by atoms with Gasteiger partial charge in [-0.3, -0.25) is 4.79 Å². The zero-order valence-electron chi connectivity index (χ0n) is 16.0. The predicted octanol–water partition coefficient (Wildman–Crippen LogP) is 1.51. The number of amides is 1. The number of rotatable bonds is 7. The monoisotopic (exact) mass is 657 g/mol. The topological polar surface area (TPSA) is 130 Å². The smallest absolute Gasteiger partial charge is 0.256 e. The third-order valence-electron chi connectivity index (χ3n) is 4.64. The molecule has 0 aliphatic carbocycles. The maximum atomic E-state index is 14.9. The fraction of sp³-hybridized carbons (Fsp3) is 0.211. The van der Waals surface area contributed by atoms with Crippen molar-refractivity contribution in [2.24, 2.45) is 5.73 Å². The zero-order chi connectivity index (χ0) is 22.8. The minimum absolute atomic E-state index is 0.0157. The minimum Gasteiger partial charge on any atom is -0.631 e. The van der Waals surface area contributed by atoms with Crippen LogP contribution in [0.15, 0.2) is 42.4 Å². The van der Waals surface area contributed by atoms with Gasteiger partial charge in [-0.15, -0.1) is 0 Å². The molecule has 1 aliphatic heterocycles. The van der Waals surface area contributed by atoms with Gasteiger partial charge < -0.3 is 37.1 Å². The van der Waals surface area contributed by atoms with Crippen molar-refractivity contribution < 1.29 is 24.2 Å². The summed E-state index contributed by atoms with van der Waals surface area (Å²) in [6.07, 6.45) is 1.11. The van der Waals surface area contributed by atoms with E-state index in [9.17, 15) is 23.9 Å². The summed E-state index contributed by atoms with van der Waals surface area (Å²) >= 11 is 3.75. The molecule has 0 saturated carbocycles. The number of quaternary nitrogens is 1. The molecule has 0 aromatic heterocycles. The van der Waals surface area contributed by atoms with Crippen LogP contribution >= 0.6 is 45.2 Å². The van der Waals surface area contributed by atoms with Crippen molar-refractivity contribution in [2.45, 2.75) is 5.60 Å². The van der Waals surface area contributed by atoms with Gasteiger partial charge in [-0.2, -0.15) is 0 Å². The third-order valence-corrected chi connectivity index (χ3v) is 6.15. The molecule has 1 amide bonds. The van der Waals surface area contributed by atoms with Crippen LogP contribution in [0.4, 0.5) is 20.2 Å². The maximum absolute atomic E-state index is 14.9. The van der Waals surface area contributed by atoms with E-state index in [1.165, 1.54) is 29.2 Å². The molecule has 0 radical (unpaired) electrons. The highest BCUT2D eigenvalue weighted by atomic mass is 127. The Balaban J connectivity index is 1.78. The summed E-state index contributed by atoms with van der Waals surface area (Å²) < 4.78 is 30.1. The average molecular weight is 657 g/mol. The molecule has 7 N–H and O–H groups in total. The molecule has 166 valence electrons. The summed E-state index contributed by atoms with van der Waals surface area (Å²) in [5, 5.41) is 26.3. The Morgan fingerprint density at radius 3 is 2.68 bits per heavy atom. The highest BCUT2D eigenvalue weighted by Gasteiger charge is 2.44. The number of hydrogen-bond acceptors (Lipinski definition) is 6. The highest BCUT2D eigenvalue weighted by molar-refractivity contribution is 14.1. The maximum Gasteiger partial charge on any atom is 0.256 e. The van der Waals surface area contributed by atoms with Gasteiger partial charge in [0.1, 0.15) is 17.6 Å². The molecule has 2 aromatic carbocycles. The lowest BCUT2D eigenvalue weighted by atomic mass is 9.93. The van der Waals surface area contributed by atoms with Gasteiger partial charge in [-0.05, 0) is 75.5 Å². The molecule has 3 rings (SSSR count). The van der Waals surface area contributed by atoms with E-state index < -0.39 is 23.1 Å². The van der Waals surface area contributed by atoms with Crippen molar-refractivity contribution in [1.82, 2.24) is 10.2 Å². The van der Waals surface area contributed by atoms with Crippen LogP contribution < -0.4 is 21.8 Å². The van der Waals surface area contributed by atoms with Crippen molar-refractivity contribution in [2.75, 3.05) is 25.0 Å². The molecule has 1 fully saturated rings. The Kier molecular flexibility index (Phi) is 7.56. The van der Waals surface area contributed by atoms with Crippen LogP contribution in [0, 0.1) is 24.0 Å². The average Bonchev–Trinajstić information content (AvgIpc) is 2.69. The number of benzene rings is 2. The third kappa shape index (κ3) is 5.54. The van der Waals surface area contributed by atoms with E-state index in [1.54, 1.807) is 28.7 Å². The normalized spacial score (nSPS) is 15.4. The summed E-state index contributed by atoms with van der Waals surface area (Å²) in [6, 6.07) is 7.34. The Morgan fingerprint density at radius 1 is 1.32 bits per heavy atom. The van der Waals surface area contributed by atoms with Crippen molar-refractivity contribution in [3.63, 3.8) is 0 Å². The molecule has 1 saturated heterocycles. The van der Waals surface area contributed by atoms with Crippen molar-refractivity contribution in [3.8, 4) is 0 Å². The van der Waals surface area contributed by atoms with Crippen LogP contribution in [0.1, 0.15) is 10.4 Å². The van der Waals surface area contributed by atoms with E-state index in [1.807, 2.05) is 22.6 Å². The first-order valence-electron chi connectivity index (χ1n) is 9.00. The second kappa shape index (κ2) is 9.81. The summed E-state index contributed by atoms with van der Waals surface area (Å²) in [5.74, 6) is -1.66. The number of halogens is 4. The standard InChI is InChI=1S/C19H19F2I2N5O3/c20-12-5-10(22)1-4-14(12)27-17-11(2-3-13(23)16(17)21)18(29)28-8-19(30,9-28)7-25-15(24)6-26-31/h1-6,25,27,30H,7-9,24,26H2. The fourth-order valence-electron chi connectivity index (χ4n) is 3.07. The lowest BCUT2D eigenvalue weighted by Gasteiger charge is -2.46. The van der Waals surface area contributed by atoms with Gasteiger partial charge in [-0.25, -0.2) is 8.78 Å². The highest BCUT2D eigenvalue weighted by Crippen LogP contribution is 2.32.